The summed E-state index contributed by atoms with van der Waals surface area (Å²) in [5.41, 5.74) is 8.21. The molecule has 0 aromatic heterocycles. The highest BCUT2D eigenvalue weighted by Crippen LogP contribution is 2.47. The molecule has 5 heteroatoms. The molecule has 1 aliphatic heterocycles. The van der Waals surface area contributed by atoms with Crippen LogP contribution in [0.2, 0.25) is 0 Å². The van der Waals surface area contributed by atoms with Gasteiger partial charge in [-0.3, -0.25) is 0 Å². The summed E-state index contributed by atoms with van der Waals surface area (Å²) in [6.07, 6.45) is 0. The van der Waals surface area contributed by atoms with E-state index in [0.717, 1.165) is 21.9 Å². The molecule has 0 aliphatic carbocycles. The number of fused-ring (bicyclic) bond motifs is 3. The van der Waals surface area contributed by atoms with Crippen molar-refractivity contribution in [2.75, 3.05) is 13.7 Å². The first-order valence-electron chi connectivity index (χ1n) is 9.14. The molecular weight excluding hydrogens is 354 g/mol. The Morgan fingerprint density at radius 3 is 2.57 bits per heavy atom. The molecule has 0 radical (unpaired) electrons. The van der Waals surface area contributed by atoms with Gasteiger partial charge in [-0.2, -0.15) is 0 Å². The van der Waals surface area contributed by atoms with Crippen LogP contribution in [-0.4, -0.2) is 19.7 Å². The van der Waals surface area contributed by atoms with Gasteiger partial charge in [-0.15, -0.1) is 0 Å². The maximum absolute atomic E-state index is 12.8. The number of para-hydroxylation sites is 1. The lowest BCUT2D eigenvalue weighted by Crippen LogP contribution is -2.27. The first-order chi connectivity index (χ1) is 13.7. The molecule has 1 atom stereocenters. The lowest BCUT2D eigenvalue weighted by atomic mass is 9.81. The first kappa shape index (κ1) is 17.9. The van der Waals surface area contributed by atoms with E-state index in [-0.39, 0.29) is 18.1 Å². The molecule has 5 nitrogen and oxygen atoms in total. The summed E-state index contributed by atoms with van der Waals surface area (Å²) in [5, 5.41) is 1.97. The van der Waals surface area contributed by atoms with E-state index in [9.17, 15) is 4.79 Å². The third kappa shape index (κ3) is 2.85. The SMILES string of the molecule is CCOC(=O)C1=C(N)Oc2c(ccc3ccccc23)[C@@H]1c1ccccc1OC. The predicted molar refractivity (Wildman–Crippen MR) is 107 cm³/mol. The van der Waals surface area contributed by atoms with Gasteiger partial charge < -0.3 is 19.9 Å². The maximum Gasteiger partial charge on any atom is 0.340 e. The number of hydrogen-bond donors (Lipinski definition) is 1. The molecule has 3 aromatic carbocycles. The van der Waals surface area contributed by atoms with Crippen LogP contribution in [0, 0.1) is 0 Å². The summed E-state index contributed by atoms with van der Waals surface area (Å²) in [4.78, 5) is 12.8. The summed E-state index contributed by atoms with van der Waals surface area (Å²) < 4.78 is 16.8. The van der Waals surface area contributed by atoms with Gasteiger partial charge in [0.1, 0.15) is 17.1 Å². The Labute approximate surface area is 163 Å². The van der Waals surface area contributed by atoms with E-state index in [0.29, 0.717) is 11.5 Å². The fourth-order valence-corrected chi connectivity index (χ4v) is 3.72. The molecule has 1 heterocycles. The van der Waals surface area contributed by atoms with E-state index in [1.54, 1.807) is 14.0 Å². The molecule has 3 aromatic rings. The van der Waals surface area contributed by atoms with Gasteiger partial charge in [-0.25, -0.2) is 4.79 Å². The molecule has 0 saturated carbocycles. The topological polar surface area (TPSA) is 70.8 Å². The van der Waals surface area contributed by atoms with Crippen LogP contribution < -0.4 is 15.2 Å². The number of esters is 1. The third-order valence-electron chi connectivity index (χ3n) is 4.93. The monoisotopic (exact) mass is 375 g/mol. The minimum Gasteiger partial charge on any atom is -0.496 e. The summed E-state index contributed by atoms with van der Waals surface area (Å²) in [5.74, 6) is 0.430. The van der Waals surface area contributed by atoms with Crippen LogP contribution in [0.4, 0.5) is 0 Å². The maximum atomic E-state index is 12.8. The van der Waals surface area contributed by atoms with Crippen molar-refractivity contribution in [2.45, 2.75) is 12.8 Å². The van der Waals surface area contributed by atoms with Crippen LogP contribution in [0.5, 0.6) is 11.5 Å². The average Bonchev–Trinajstić information content (AvgIpc) is 2.72. The molecule has 4 rings (SSSR count). The van der Waals surface area contributed by atoms with E-state index in [1.165, 1.54) is 0 Å². The van der Waals surface area contributed by atoms with Gasteiger partial charge in [0.2, 0.25) is 5.88 Å². The second-order valence-corrected chi connectivity index (χ2v) is 6.48. The Morgan fingerprint density at radius 1 is 1.04 bits per heavy atom. The summed E-state index contributed by atoms with van der Waals surface area (Å²) >= 11 is 0. The molecule has 2 N–H and O–H groups in total. The fourth-order valence-electron chi connectivity index (χ4n) is 3.72. The number of methoxy groups -OCH3 is 1. The number of carbonyl (C=O) groups is 1. The normalized spacial score (nSPS) is 15.7. The van der Waals surface area contributed by atoms with Gasteiger partial charge in [0.05, 0.1) is 19.6 Å². The number of carbonyl (C=O) groups excluding carboxylic acids is 1. The molecule has 0 unspecified atom stereocenters. The van der Waals surface area contributed by atoms with E-state index in [4.69, 9.17) is 19.9 Å². The molecule has 1 aliphatic rings. The number of rotatable bonds is 4. The van der Waals surface area contributed by atoms with E-state index in [2.05, 4.69) is 0 Å². The van der Waals surface area contributed by atoms with Gasteiger partial charge >= 0.3 is 5.97 Å². The van der Waals surface area contributed by atoms with Crippen LogP contribution in [0.25, 0.3) is 10.8 Å². The van der Waals surface area contributed by atoms with Crippen molar-refractivity contribution in [1.29, 1.82) is 0 Å². The van der Waals surface area contributed by atoms with Crippen LogP contribution >= 0.6 is 0 Å². The van der Waals surface area contributed by atoms with Crippen LogP contribution in [-0.2, 0) is 9.53 Å². The molecule has 0 fully saturated rings. The van der Waals surface area contributed by atoms with Crippen molar-refractivity contribution in [1.82, 2.24) is 0 Å². The Kier molecular flexibility index (Phi) is 4.65. The van der Waals surface area contributed by atoms with Crippen molar-refractivity contribution in [3.05, 3.63) is 83.2 Å². The van der Waals surface area contributed by atoms with Crippen LogP contribution in [0.3, 0.4) is 0 Å². The molecule has 142 valence electrons. The second-order valence-electron chi connectivity index (χ2n) is 6.48. The average molecular weight is 375 g/mol. The van der Waals surface area contributed by atoms with Gasteiger partial charge in [0.25, 0.3) is 0 Å². The van der Waals surface area contributed by atoms with Crippen molar-refractivity contribution >= 4 is 16.7 Å². The number of hydrogen-bond acceptors (Lipinski definition) is 5. The Balaban J connectivity index is 2.01. The molecule has 0 saturated heterocycles. The van der Waals surface area contributed by atoms with Gasteiger partial charge in [0.15, 0.2) is 0 Å². The van der Waals surface area contributed by atoms with E-state index >= 15 is 0 Å². The minimum atomic E-state index is -0.491. The predicted octanol–water partition coefficient (Wildman–Crippen LogP) is 4.11. The van der Waals surface area contributed by atoms with E-state index < -0.39 is 11.9 Å². The zero-order valence-corrected chi connectivity index (χ0v) is 15.8. The van der Waals surface area contributed by atoms with Crippen LogP contribution in [0.1, 0.15) is 24.0 Å². The molecule has 0 amide bonds. The lowest BCUT2D eigenvalue weighted by molar-refractivity contribution is -0.139. The Morgan fingerprint density at radius 2 is 1.79 bits per heavy atom. The highest BCUT2D eigenvalue weighted by molar-refractivity contribution is 5.96. The highest BCUT2D eigenvalue weighted by atomic mass is 16.5. The summed E-state index contributed by atoms with van der Waals surface area (Å²) in [6, 6.07) is 19.5. The first-order valence-corrected chi connectivity index (χ1v) is 9.14. The number of benzene rings is 3. The molecule has 0 bridgehead atoms. The van der Waals surface area contributed by atoms with E-state index in [1.807, 2.05) is 60.7 Å². The van der Waals surface area contributed by atoms with Gasteiger partial charge in [-0.1, -0.05) is 54.6 Å². The smallest absolute Gasteiger partial charge is 0.340 e. The van der Waals surface area contributed by atoms with Gasteiger partial charge in [0, 0.05) is 16.5 Å². The molecule has 0 spiro atoms. The Bertz CT molecular complexity index is 1090. The van der Waals surface area contributed by atoms with Gasteiger partial charge in [-0.05, 0) is 18.4 Å². The minimum absolute atomic E-state index is 0.0539. The summed E-state index contributed by atoms with van der Waals surface area (Å²) in [7, 11) is 1.61. The Hall–Kier alpha value is -3.47. The molecular formula is C23H21NO4. The number of nitrogens with two attached hydrogens (primary N) is 1. The standard InChI is InChI=1S/C23H21NO4/c1-3-27-23(25)20-19(16-10-6-7-11-18(16)26-2)17-13-12-14-8-4-5-9-15(14)21(17)28-22(20)24/h4-13,19H,3,24H2,1-2H3/t19-/m0/s1. The lowest BCUT2D eigenvalue weighted by Gasteiger charge is -2.30. The number of ether oxygens (including phenoxy) is 3. The quantitative estimate of drug-likeness (QED) is 0.695. The van der Waals surface area contributed by atoms with Crippen LogP contribution in [0.15, 0.2) is 72.1 Å². The van der Waals surface area contributed by atoms with Crippen molar-refractivity contribution in [3.63, 3.8) is 0 Å². The zero-order valence-electron chi connectivity index (χ0n) is 15.8. The summed E-state index contributed by atoms with van der Waals surface area (Å²) in [6.45, 7) is 2.01. The highest BCUT2D eigenvalue weighted by Gasteiger charge is 2.37. The molecule has 28 heavy (non-hydrogen) atoms. The van der Waals surface area contributed by atoms with Crippen molar-refractivity contribution in [2.24, 2.45) is 5.73 Å². The zero-order chi connectivity index (χ0) is 19.7. The van der Waals surface area contributed by atoms with Crippen molar-refractivity contribution in [3.8, 4) is 11.5 Å². The van der Waals surface area contributed by atoms with Crippen molar-refractivity contribution < 1.29 is 19.0 Å². The second kappa shape index (κ2) is 7.27. The third-order valence-corrected chi connectivity index (χ3v) is 4.93. The largest absolute Gasteiger partial charge is 0.496 e. The fraction of sp³-hybridized carbons (Fsp3) is 0.174.